The number of nitrogens with zero attached hydrogens (tertiary/aromatic N) is 2. The van der Waals surface area contributed by atoms with E-state index in [1.54, 1.807) is 21.1 Å². The van der Waals surface area contributed by atoms with Gasteiger partial charge in [0.1, 0.15) is 0 Å². The highest BCUT2D eigenvalue weighted by atomic mass is 32.2. The molecule has 0 heterocycles. The molecule has 0 unspecified atom stereocenters. The number of hydrogen-bond donors (Lipinski definition) is 2. The van der Waals surface area contributed by atoms with Crippen LogP contribution in [-0.2, 0) is 10.2 Å². The smallest absolute Gasteiger partial charge is 0.292 e. The Morgan fingerprint density at radius 1 is 1.19 bits per heavy atom. The van der Waals surface area contributed by atoms with Crippen LogP contribution < -0.4 is 10.1 Å². The van der Waals surface area contributed by atoms with Crippen molar-refractivity contribution in [1.82, 2.24) is 19.5 Å². The molecule has 0 saturated carbocycles. The molecule has 0 saturated heterocycles. The maximum absolute atomic E-state index is 11.6. The van der Waals surface area contributed by atoms with E-state index in [1.807, 2.05) is 0 Å². The standard InChI is InChI=1S/C9H24N4O2S/c1-9(2)10-7-6-8-13(5)16(14,15)11-12(3)4/h9-11H,6-8H2,1-5H3. The number of hydrazine groups is 1. The predicted molar refractivity (Wildman–Crippen MR) is 66.1 cm³/mol. The molecule has 0 aliphatic rings. The summed E-state index contributed by atoms with van der Waals surface area (Å²) >= 11 is 0. The molecule has 0 rings (SSSR count). The van der Waals surface area contributed by atoms with Crippen molar-refractivity contribution in [2.75, 3.05) is 34.2 Å². The summed E-state index contributed by atoms with van der Waals surface area (Å²) in [5, 5.41) is 4.66. The molecule has 7 heteroatoms. The van der Waals surface area contributed by atoms with E-state index >= 15 is 0 Å². The van der Waals surface area contributed by atoms with Gasteiger partial charge in [0.25, 0.3) is 10.2 Å². The summed E-state index contributed by atoms with van der Waals surface area (Å²) < 4.78 is 24.6. The zero-order valence-corrected chi connectivity index (χ0v) is 11.6. The van der Waals surface area contributed by atoms with Crippen LogP contribution in [-0.4, -0.2) is 58.0 Å². The van der Waals surface area contributed by atoms with Gasteiger partial charge in [-0.3, -0.25) is 0 Å². The lowest BCUT2D eigenvalue weighted by Crippen LogP contribution is -2.45. The normalized spacial score (nSPS) is 13.0. The van der Waals surface area contributed by atoms with Gasteiger partial charge >= 0.3 is 0 Å². The molecule has 16 heavy (non-hydrogen) atoms. The van der Waals surface area contributed by atoms with Crippen LogP contribution in [0.4, 0.5) is 0 Å². The van der Waals surface area contributed by atoms with E-state index in [1.165, 1.54) is 9.31 Å². The minimum absolute atomic E-state index is 0.432. The van der Waals surface area contributed by atoms with Crippen LogP contribution in [0.5, 0.6) is 0 Å². The molecule has 0 bridgehead atoms. The summed E-state index contributed by atoms with van der Waals surface area (Å²) in [5.74, 6) is 0. The average Bonchev–Trinajstić information content (AvgIpc) is 2.09. The summed E-state index contributed by atoms with van der Waals surface area (Å²) in [4.78, 5) is 2.38. The Balaban J connectivity index is 3.92. The highest BCUT2D eigenvalue weighted by Gasteiger charge is 2.17. The molecule has 0 aromatic rings. The molecule has 0 spiro atoms. The lowest BCUT2D eigenvalue weighted by molar-refractivity contribution is 0.338. The van der Waals surface area contributed by atoms with Crippen LogP contribution >= 0.6 is 0 Å². The zero-order valence-electron chi connectivity index (χ0n) is 10.8. The summed E-state index contributed by atoms with van der Waals surface area (Å²) in [7, 11) is 1.48. The first kappa shape index (κ1) is 15.8. The van der Waals surface area contributed by atoms with Crippen LogP contribution in [0.2, 0.25) is 0 Å². The van der Waals surface area contributed by atoms with Gasteiger partial charge in [-0.1, -0.05) is 13.8 Å². The Hall–Kier alpha value is -0.210. The third-order valence-electron chi connectivity index (χ3n) is 1.91. The molecule has 0 aromatic heterocycles. The maximum Gasteiger partial charge on any atom is 0.292 e. The monoisotopic (exact) mass is 252 g/mol. The Kier molecular flexibility index (Phi) is 7.09. The molecular formula is C9H24N4O2S. The summed E-state index contributed by atoms with van der Waals surface area (Å²) in [6.45, 7) is 5.45. The Morgan fingerprint density at radius 2 is 1.75 bits per heavy atom. The quantitative estimate of drug-likeness (QED) is 0.456. The Morgan fingerprint density at radius 3 is 2.19 bits per heavy atom. The second kappa shape index (κ2) is 7.18. The largest absolute Gasteiger partial charge is 0.314 e. The number of rotatable bonds is 8. The molecule has 6 nitrogen and oxygen atoms in total. The van der Waals surface area contributed by atoms with Crippen molar-refractivity contribution in [2.24, 2.45) is 0 Å². The van der Waals surface area contributed by atoms with Gasteiger partial charge in [0, 0.05) is 33.7 Å². The van der Waals surface area contributed by atoms with E-state index in [4.69, 9.17) is 0 Å². The van der Waals surface area contributed by atoms with Gasteiger partial charge in [-0.25, -0.2) is 5.01 Å². The van der Waals surface area contributed by atoms with Gasteiger partial charge in [0.05, 0.1) is 0 Å². The summed E-state index contributed by atoms with van der Waals surface area (Å²) in [6.07, 6.45) is 0.795. The van der Waals surface area contributed by atoms with Gasteiger partial charge in [-0.15, -0.1) is 4.83 Å². The third kappa shape index (κ3) is 7.13. The van der Waals surface area contributed by atoms with E-state index in [-0.39, 0.29) is 0 Å². The Bertz CT molecular complexity index is 277. The van der Waals surface area contributed by atoms with E-state index in [0.29, 0.717) is 12.6 Å². The molecule has 0 atom stereocenters. The number of hydrogen-bond acceptors (Lipinski definition) is 4. The zero-order chi connectivity index (χ0) is 12.8. The van der Waals surface area contributed by atoms with Crippen molar-refractivity contribution in [3.8, 4) is 0 Å². The van der Waals surface area contributed by atoms with Crippen molar-refractivity contribution in [3.05, 3.63) is 0 Å². The molecule has 0 amide bonds. The summed E-state index contributed by atoms with van der Waals surface area (Å²) in [6, 6.07) is 0.432. The van der Waals surface area contributed by atoms with Crippen LogP contribution in [0.15, 0.2) is 0 Å². The molecule has 0 aliphatic carbocycles. The lowest BCUT2D eigenvalue weighted by atomic mass is 10.3. The molecule has 0 radical (unpaired) electrons. The highest BCUT2D eigenvalue weighted by Crippen LogP contribution is 1.95. The predicted octanol–water partition coefficient (Wildman–Crippen LogP) is -0.383. The van der Waals surface area contributed by atoms with Gasteiger partial charge in [-0.2, -0.15) is 12.7 Å². The molecule has 2 N–H and O–H groups in total. The van der Waals surface area contributed by atoms with Gasteiger partial charge in [0.15, 0.2) is 0 Å². The van der Waals surface area contributed by atoms with Crippen LogP contribution in [0.1, 0.15) is 20.3 Å². The second-order valence-corrected chi connectivity index (χ2v) is 6.03. The fourth-order valence-corrected chi connectivity index (χ4v) is 2.08. The van der Waals surface area contributed by atoms with Crippen molar-refractivity contribution in [2.45, 2.75) is 26.3 Å². The van der Waals surface area contributed by atoms with E-state index in [9.17, 15) is 8.42 Å². The van der Waals surface area contributed by atoms with E-state index < -0.39 is 10.2 Å². The van der Waals surface area contributed by atoms with Crippen LogP contribution in [0, 0.1) is 0 Å². The number of nitrogens with one attached hydrogen (secondary N) is 2. The first-order chi connectivity index (χ1) is 7.25. The van der Waals surface area contributed by atoms with Gasteiger partial charge in [-0.05, 0) is 13.0 Å². The van der Waals surface area contributed by atoms with Gasteiger partial charge in [0.2, 0.25) is 0 Å². The minimum Gasteiger partial charge on any atom is -0.314 e. The first-order valence-corrected chi connectivity index (χ1v) is 6.84. The van der Waals surface area contributed by atoms with Crippen molar-refractivity contribution in [1.29, 1.82) is 0 Å². The minimum atomic E-state index is -3.38. The highest BCUT2D eigenvalue weighted by molar-refractivity contribution is 7.87. The fraction of sp³-hybridized carbons (Fsp3) is 1.00. The van der Waals surface area contributed by atoms with Crippen LogP contribution in [0.25, 0.3) is 0 Å². The molecule has 98 valence electrons. The second-order valence-electron chi connectivity index (χ2n) is 4.27. The lowest BCUT2D eigenvalue weighted by Gasteiger charge is -2.20. The van der Waals surface area contributed by atoms with Crippen molar-refractivity contribution >= 4 is 10.2 Å². The summed E-state index contributed by atoms with van der Waals surface area (Å²) in [5.41, 5.74) is 0. The maximum atomic E-state index is 11.6. The molecular weight excluding hydrogens is 228 g/mol. The topological polar surface area (TPSA) is 64.7 Å². The Labute approximate surface area is 99.1 Å². The fourth-order valence-electron chi connectivity index (χ4n) is 1.11. The SMILES string of the molecule is CC(C)NCCCN(C)S(=O)(=O)NN(C)C. The first-order valence-electron chi connectivity index (χ1n) is 5.40. The third-order valence-corrected chi connectivity index (χ3v) is 3.51. The van der Waals surface area contributed by atoms with E-state index in [0.717, 1.165) is 13.0 Å². The molecule has 0 aliphatic heterocycles. The van der Waals surface area contributed by atoms with E-state index in [2.05, 4.69) is 24.0 Å². The van der Waals surface area contributed by atoms with Crippen molar-refractivity contribution < 1.29 is 8.42 Å². The van der Waals surface area contributed by atoms with Crippen molar-refractivity contribution in [3.63, 3.8) is 0 Å². The average molecular weight is 252 g/mol. The molecule has 0 fully saturated rings. The molecule has 0 aromatic carbocycles. The van der Waals surface area contributed by atoms with Crippen LogP contribution in [0.3, 0.4) is 0 Å². The van der Waals surface area contributed by atoms with Gasteiger partial charge < -0.3 is 5.32 Å².